The maximum atomic E-state index is 14.2. The van der Waals surface area contributed by atoms with Crippen LogP contribution >= 0.6 is 11.3 Å². The number of ether oxygens (including phenoxy) is 1. The molecule has 22 heavy (non-hydrogen) atoms. The predicted molar refractivity (Wildman–Crippen MR) is 78.3 cm³/mol. The van der Waals surface area contributed by atoms with Gasteiger partial charge < -0.3 is 4.74 Å². The van der Waals surface area contributed by atoms with Crippen LogP contribution in [0.25, 0.3) is 0 Å². The lowest BCUT2D eigenvalue weighted by molar-refractivity contribution is -0.149. The molecule has 1 aromatic carbocycles. The molecule has 0 radical (unpaired) electrons. The van der Waals surface area contributed by atoms with E-state index in [1.165, 1.54) is 18.3 Å². The summed E-state index contributed by atoms with van der Waals surface area (Å²) in [5.41, 5.74) is -1.64. The summed E-state index contributed by atoms with van der Waals surface area (Å²) in [5, 5.41) is 1.82. The van der Waals surface area contributed by atoms with Gasteiger partial charge in [0.15, 0.2) is 17.5 Å². The molecule has 1 heterocycles. The highest BCUT2D eigenvalue weighted by molar-refractivity contribution is 7.09. The first-order valence-electron chi connectivity index (χ1n) is 6.73. The van der Waals surface area contributed by atoms with Crippen molar-refractivity contribution in [2.24, 2.45) is 0 Å². The van der Waals surface area contributed by atoms with Crippen molar-refractivity contribution in [2.75, 3.05) is 6.61 Å². The Bertz CT molecular complexity index is 670. The number of carbonyl (C=O) groups excluding carboxylic acids is 1. The van der Waals surface area contributed by atoms with Crippen molar-refractivity contribution in [1.29, 1.82) is 0 Å². The van der Waals surface area contributed by atoms with Crippen LogP contribution in [0.2, 0.25) is 0 Å². The third-order valence-electron chi connectivity index (χ3n) is 3.46. The fourth-order valence-electron chi connectivity index (χ4n) is 2.28. The number of esters is 1. The molecule has 6 heteroatoms. The van der Waals surface area contributed by atoms with Gasteiger partial charge in [-0.25, -0.2) is 13.2 Å². The molecule has 0 N–H and O–H groups in total. The van der Waals surface area contributed by atoms with Gasteiger partial charge in [-0.15, -0.1) is 11.3 Å². The lowest BCUT2D eigenvalue weighted by Crippen LogP contribution is -2.37. The second kappa shape index (κ2) is 6.52. The van der Waals surface area contributed by atoms with Crippen molar-refractivity contribution in [3.05, 3.63) is 57.5 Å². The minimum atomic E-state index is -1.58. The summed E-state index contributed by atoms with van der Waals surface area (Å²) >= 11 is 1.40. The van der Waals surface area contributed by atoms with Gasteiger partial charge >= 0.3 is 5.97 Å². The molecular formula is C16H15F3O2S. The summed E-state index contributed by atoms with van der Waals surface area (Å²) in [5.74, 6) is -4.90. The molecule has 0 fully saturated rings. The zero-order valence-corrected chi connectivity index (χ0v) is 13.0. The number of benzene rings is 1. The van der Waals surface area contributed by atoms with E-state index >= 15 is 0 Å². The zero-order chi connectivity index (χ0) is 16.3. The Morgan fingerprint density at radius 3 is 2.55 bits per heavy atom. The Labute approximate surface area is 130 Å². The molecule has 0 saturated heterocycles. The Kier molecular flexibility index (Phi) is 4.90. The van der Waals surface area contributed by atoms with E-state index in [1.807, 2.05) is 5.38 Å². The quantitative estimate of drug-likeness (QED) is 0.606. The molecule has 1 atom stereocenters. The minimum absolute atomic E-state index is 0.115. The van der Waals surface area contributed by atoms with Crippen LogP contribution in [0.1, 0.15) is 24.3 Å². The number of carbonyl (C=O) groups is 1. The molecule has 0 saturated carbocycles. The predicted octanol–water partition coefficient (Wildman–Crippen LogP) is 4.23. The number of hydrogen-bond donors (Lipinski definition) is 0. The molecule has 2 rings (SSSR count). The van der Waals surface area contributed by atoms with E-state index in [9.17, 15) is 18.0 Å². The highest BCUT2D eigenvalue weighted by Gasteiger charge is 2.40. The summed E-state index contributed by atoms with van der Waals surface area (Å²) in [4.78, 5) is 13.2. The van der Waals surface area contributed by atoms with Crippen LogP contribution in [0, 0.1) is 17.5 Å². The third kappa shape index (κ3) is 3.02. The summed E-state index contributed by atoms with van der Waals surface area (Å²) in [6, 6.07) is 5.50. The fraction of sp³-hybridized carbons (Fsp3) is 0.312. The lowest BCUT2D eigenvalue weighted by atomic mass is 9.78. The molecular weight excluding hydrogens is 313 g/mol. The highest BCUT2D eigenvalue weighted by Crippen LogP contribution is 2.34. The molecule has 0 aliphatic rings. The van der Waals surface area contributed by atoms with Gasteiger partial charge in [-0.3, -0.25) is 4.79 Å². The normalized spacial score (nSPS) is 13.7. The smallest absolute Gasteiger partial charge is 0.316 e. The van der Waals surface area contributed by atoms with Gasteiger partial charge in [0, 0.05) is 16.9 Å². The van der Waals surface area contributed by atoms with Crippen molar-refractivity contribution in [2.45, 2.75) is 25.7 Å². The van der Waals surface area contributed by atoms with Crippen LogP contribution in [0.15, 0.2) is 29.6 Å². The molecule has 0 aliphatic carbocycles. The monoisotopic (exact) mass is 328 g/mol. The van der Waals surface area contributed by atoms with E-state index in [-0.39, 0.29) is 18.6 Å². The molecule has 1 unspecified atom stereocenters. The first-order chi connectivity index (χ1) is 10.4. The van der Waals surface area contributed by atoms with E-state index in [2.05, 4.69) is 0 Å². The molecule has 2 nitrogen and oxygen atoms in total. The SMILES string of the molecule is CCOC(=O)C(C)(Cc1cccs1)c1ccc(F)c(F)c1F. The largest absolute Gasteiger partial charge is 0.465 e. The summed E-state index contributed by atoms with van der Waals surface area (Å²) in [7, 11) is 0. The average molecular weight is 328 g/mol. The zero-order valence-electron chi connectivity index (χ0n) is 12.2. The van der Waals surface area contributed by atoms with E-state index in [1.54, 1.807) is 19.1 Å². The molecule has 0 bridgehead atoms. The molecule has 0 amide bonds. The highest BCUT2D eigenvalue weighted by atomic mass is 32.1. The number of halogens is 3. The van der Waals surface area contributed by atoms with Crippen LogP contribution in [0.5, 0.6) is 0 Å². The minimum Gasteiger partial charge on any atom is -0.465 e. The van der Waals surface area contributed by atoms with Crippen LogP contribution in [-0.2, 0) is 21.4 Å². The Hall–Kier alpha value is -1.82. The second-order valence-electron chi connectivity index (χ2n) is 5.03. The van der Waals surface area contributed by atoms with Gasteiger partial charge in [-0.05, 0) is 31.4 Å². The van der Waals surface area contributed by atoms with Gasteiger partial charge in [-0.2, -0.15) is 0 Å². The van der Waals surface area contributed by atoms with Gasteiger partial charge in [-0.1, -0.05) is 12.1 Å². The molecule has 2 aromatic rings. The number of hydrogen-bond acceptors (Lipinski definition) is 3. The Balaban J connectivity index is 2.53. The maximum absolute atomic E-state index is 14.2. The third-order valence-corrected chi connectivity index (χ3v) is 4.34. The second-order valence-corrected chi connectivity index (χ2v) is 6.06. The van der Waals surface area contributed by atoms with Crippen molar-refractivity contribution in [3.63, 3.8) is 0 Å². The Morgan fingerprint density at radius 1 is 1.23 bits per heavy atom. The van der Waals surface area contributed by atoms with Crippen LogP contribution in [0.3, 0.4) is 0 Å². The van der Waals surface area contributed by atoms with E-state index in [0.717, 1.165) is 17.0 Å². The van der Waals surface area contributed by atoms with Crippen molar-refractivity contribution in [3.8, 4) is 0 Å². The van der Waals surface area contributed by atoms with E-state index in [0.29, 0.717) is 0 Å². The Morgan fingerprint density at radius 2 is 1.95 bits per heavy atom. The topological polar surface area (TPSA) is 26.3 Å². The fourth-order valence-corrected chi connectivity index (χ4v) is 3.14. The van der Waals surface area contributed by atoms with Crippen LogP contribution in [-0.4, -0.2) is 12.6 Å². The van der Waals surface area contributed by atoms with E-state index < -0.39 is 28.8 Å². The van der Waals surface area contributed by atoms with Gasteiger partial charge in [0.25, 0.3) is 0 Å². The van der Waals surface area contributed by atoms with Crippen molar-refractivity contribution < 1.29 is 22.7 Å². The van der Waals surface area contributed by atoms with Crippen molar-refractivity contribution >= 4 is 17.3 Å². The summed E-state index contributed by atoms with van der Waals surface area (Å²) < 4.78 is 45.9. The summed E-state index contributed by atoms with van der Waals surface area (Å²) in [6.07, 6.45) is 0.144. The molecule has 1 aromatic heterocycles. The number of thiophene rings is 1. The lowest BCUT2D eigenvalue weighted by Gasteiger charge is -2.28. The van der Waals surface area contributed by atoms with Gasteiger partial charge in [0.1, 0.15) is 0 Å². The molecule has 0 aliphatic heterocycles. The van der Waals surface area contributed by atoms with Crippen LogP contribution < -0.4 is 0 Å². The standard InChI is InChI=1S/C16H15F3O2S/c1-3-21-15(20)16(2,9-10-5-4-8-22-10)11-6-7-12(17)14(19)13(11)18/h4-8H,3,9H2,1-2H3. The first kappa shape index (κ1) is 16.5. The first-order valence-corrected chi connectivity index (χ1v) is 7.61. The maximum Gasteiger partial charge on any atom is 0.316 e. The van der Waals surface area contributed by atoms with Crippen LogP contribution in [0.4, 0.5) is 13.2 Å². The average Bonchev–Trinajstić information content (AvgIpc) is 2.97. The summed E-state index contributed by atoms with van der Waals surface area (Å²) in [6.45, 7) is 3.22. The van der Waals surface area contributed by atoms with E-state index in [4.69, 9.17) is 4.74 Å². The molecule has 0 spiro atoms. The number of rotatable bonds is 5. The van der Waals surface area contributed by atoms with Gasteiger partial charge in [0.2, 0.25) is 0 Å². The van der Waals surface area contributed by atoms with Gasteiger partial charge in [0.05, 0.1) is 12.0 Å². The van der Waals surface area contributed by atoms with Crippen molar-refractivity contribution in [1.82, 2.24) is 0 Å². The molecule has 118 valence electrons.